The van der Waals surface area contributed by atoms with Crippen molar-refractivity contribution in [2.45, 2.75) is 15.8 Å². The molecular weight excluding hydrogens is 359 g/mol. The van der Waals surface area contributed by atoms with E-state index in [0.29, 0.717) is 11.8 Å². The van der Waals surface area contributed by atoms with Gasteiger partial charge in [-0.25, -0.2) is 15.0 Å². The summed E-state index contributed by atoms with van der Waals surface area (Å²) in [6, 6.07) is 10.2. The molecule has 0 aliphatic carbocycles. The van der Waals surface area contributed by atoms with Gasteiger partial charge in [0, 0.05) is 17.2 Å². The minimum Gasteiger partial charge on any atom is -0.368 e. The van der Waals surface area contributed by atoms with Gasteiger partial charge in [-0.05, 0) is 5.56 Å². The van der Waals surface area contributed by atoms with Crippen LogP contribution in [0.15, 0.2) is 45.4 Å². The number of rotatable bonds is 4. The SMILES string of the molecule is Cl.Nc1nc2c(c(SCc3ccccc3)n1)N=C(CCl)CS2. The predicted molar refractivity (Wildman–Crippen MR) is 98.2 cm³/mol. The maximum absolute atomic E-state index is 5.89. The molecule has 22 heavy (non-hydrogen) atoms. The average Bonchev–Trinajstić information content (AvgIpc) is 2.53. The number of nitrogen functional groups attached to an aromatic ring is 1. The van der Waals surface area contributed by atoms with E-state index in [4.69, 9.17) is 17.3 Å². The van der Waals surface area contributed by atoms with Crippen molar-refractivity contribution in [2.24, 2.45) is 4.99 Å². The quantitative estimate of drug-likeness (QED) is 0.495. The summed E-state index contributed by atoms with van der Waals surface area (Å²) in [6.07, 6.45) is 0. The Morgan fingerprint density at radius 1 is 1.23 bits per heavy atom. The van der Waals surface area contributed by atoms with Gasteiger partial charge >= 0.3 is 0 Å². The van der Waals surface area contributed by atoms with Crippen molar-refractivity contribution in [1.29, 1.82) is 0 Å². The van der Waals surface area contributed by atoms with E-state index in [1.807, 2.05) is 18.2 Å². The van der Waals surface area contributed by atoms with Crippen LogP contribution in [0.2, 0.25) is 0 Å². The maximum atomic E-state index is 5.89. The van der Waals surface area contributed by atoms with Crippen molar-refractivity contribution in [2.75, 3.05) is 17.4 Å². The number of aliphatic imine (C=N–C) groups is 1. The minimum absolute atomic E-state index is 0. The van der Waals surface area contributed by atoms with Gasteiger partial charge in [-0.3, -0.25) is 0 Å². The molecule has 1 aromatic heterocycles. The Morgan fingerprint density at radius 3 is 2.73 bits per heavy atom. The first kappa shape index (κ1) is 17.4. The number of benzene rings is 1. The molecule has 0 unspecified atom stereocenters. The van der Waals surface area contributed by atoms with Gasteiger partial charge in [0.25, 0.3) is 0 Å². The molecule has 0 radical (unpaired) electrons. The molecule has 0 amide bonds. The second-order valence-corrected chi connectivity index (χ2v) is 6.61. The van der Waals surface area contributed by atoms with Gasteiger partial charge < -0.3 is 5.73 Å². The molecule has 3 rings (SSSR count). The molecule has 8 heteroatoms. The third-order valence-corrected chi connectivity index (χ3v) is 5.24. The number of hydrogen-bond acceptors (Lipinski definition) is 6. The molecule has 1 aliphatic heterocycles. The summed E-state index contributed by atoms with van der Waals surface area (Å²) in [5.74, 6) is 2.30. The van der Waals surface area contributed by atoms with Crippen LogP contribution in [0.1, 0.15) is 5.56 Å². The van der Waals surface area contributed by atoms with Crippen molar-refractivity contribution < 1.29 is 0 Å². The third-order valence-electron chi connectivity index (χ3n) is 2.86. The second-order valence-electron chi connectivity index (χ2n) is 4.42. The van der Waals surface area contributed by atoms with E-state index >= 15 is 0 Å². The van der Waals surface area contributed by atoms with Gasteiger partial charge in [0.15, 0.2) is 0 Å². The summed E-state index contributed by atoms with van der Waals surface area (Å²) in [6.45, 7) is 0. The van der Waals surface area contributed by atoms with Crippen LogP contribution in [-0.2, 0) is 5.75 Å². The largest absolute Gasteiger partial charge is 0.368 e. The molecule has 116 valence electrons. The van der Waals surface area contributed by atoms with Crippen LogP contribution in [0.3, 0.4) is 0 Å². The smallest absolute Gasteiger partial charge is 0.222 e. The summed E-state index contributed by atoms with van der Waals surface area (Å²) in [5, 5.41) is 1.66. The van der Waals surface area contributed by atoms with Crippen molar-refractivity contribution in [3.63, 3.8) is 0 Å². The van der Waals surface area contributed by atoms with Gasteiger partial charge in [0.1, 0.15) is 15.7 Å². The van der Waals surface area contributed by atoms with Crippen LogP contribution in [0.5, 0.6) is 0 Å². The van der Waals surface area contributed by atoms with Crippen molar-refractivity contribution in [1.82, 2.24) is 9.97 Å². The summed E-state index contributed by atoms with van der Waals surface area (Å²) in [4.78, 5) is 13.2. The molecule has 0 fully saturated rings. The molecule has 1 aromatic carbocycles. The highest BCUT2D eigenvalue weighted by Gasteiger charge is 2.19. The van der Waals surface area contributed by atoms with Crippen LogP contribution in [0.25, 0.3) is 0 Å². The topological polar surface area (TPSA) is 64.2 Å². The van der Waals surface area contributed by atoms with Crippen LogP contribution in [0, 0.1) is 0 Å². The maximum Gasteiger partial charge on any atom is 0.222 e. The lowest BCUT2D eigenvalue weighted by molar-refractivity contribution is 0.972. The Kier molecular flexibility index (Phi) is 6.37. The first-order chi connectivity index (χ1) is 10.3. The zero-order chi connectivity index (χ0) is 14.7. The van der Waals surface area contributed by atoms with Gasteiger partial charge in [0.2, 0.25) is 5.95 Å². The number of nitrogens with zero attached hydrogens (tertiary/aromatic N) is 3. The molecule has 2 heterocycles. The van der Waals surface area contributed by atoms with Crippen LogP contribution in [0.4, 0.5) is 11.6 Å². The zero-order valence-electron chi connectivity index (χ0n) is 11.5. The third kappa shape index (κ3) is 4.07. The molecule has 2 N–H and O–H groups in total. The highest BCUT2D eigenvalue weighted by atomic mass is 35.5. The summed E-state index contributed by atoms with van der Waals surface area (Å²) in [7, 11) is 0. The van der Waals surface area contributed by atoms with Gasteiger partial charge in [-0.2, -0.15) is 0 Å². The number of nitrogens with two attached hydrogens (primary N) is 1. The molecule has 0 atom stereocenters. The fourth-order valence-electron chi connectivity index (χ4n) is 1.86. The lowest BCUT2D eigenvalue weighted by Crippen LogP contribution is -2.10. The number of halogens is 2. The van der Waals surface area contributed by atoms with Crippen LogP contribution < -0.4 is 5.73 Å². The number of anilines is 1. The molecule has 0 bridgehead atoms. The number of thioether (sulfide) groups is 2. The molecule has 2 aromatic rings. The van der Waals surface area contributed by atoms with Crippen molar-refractivity contribution in [3.8, 4) is 0 Å². The normalized spacial score (nSPS) is 13.0. The monoisotopic (exact) mass is 372 g/mol. The molecule has 4 nitrogen and oxygen atoms in total. The summed E-state index contributed by atoms with van der Waals surface area (Å²) >= 11 is 9.12. The molecule has 1 aliphatic rings. The van der Waals surface area contributed by atoms with Crippen molar-refractivity contribution in [3.05, 3.63) is 35.9 Å². The van der Waals surface area contributed by atoms with Crippen LogP contribution in [-0.4, -0.2) is 27.3 Å². The predicted octanol–water partition coefficient (Wildman–Crippen LogP) is 4.19. The fraction of sp³-hybridized carbons (Fsp3) is 0.214. The summed E-state index contributed by atoms with van der Waals surface area (Å²) in [5.41, 5.74) is 8.78. The number of fused-ring (bicyclic) bond motifs is 1. The summed E-state index contributed by atoms with van der Waals surface area (Å²) < 4.78 is 0. The molecular formula is C14H14Cl2N4S2. The number of aromatic nitrogens is 2. The number of hydrogen-bond donors (Lipinski definition) is 1. The van der Waals surface area contributed by atoms with E-state index in [1.54, 1.807) is 23.5 Å². The molecule has 0 saturated heterocycles. The minimum atomic E-state index is 0. The highest BCUT2D eigenvalue weighted by Crippen LogP contribution is 2.40. The Bertz CT molecular complexity index is 680. The second kappa shape index (κ2) is 8.06. The average molecular weight is 373 g/mol. The van der Waals surface area contributed by atoms with Gasteiger partial charge in [-0.15, -0.1) is 24.0 Å². The Balaban J connectivity index is 0.00000176. The fourth-order valence-corrected chi connectivity index (χ4v) is 4.03. The van der Waals surface area contributed by atoms with Crippen molar-refractivity contribution >= 4 is 64.9 Å². The van der Waals surface area contributed by atoms with E-state index < -0.39 is 0 Å². The Hall–Kier alpha value is -0.950. The van der Waals surface area contributed by atoms with Gasteiger partial charge in [0.05, 0.1) is 5.88 Å². The first-order valence-electron chi connectivity index (χ1n) is 6.35. The van der Waals surface area contributed by atoms with E-state index in [0.717, 1.165) is 33.0 Å². The highest BCUT2D eigenvalue weighted by molar-refractivity contribution is 8.00. The first-order valence-corrected chi connectivity index (χ1v) is 8.86. The Morgan fingerprint density at radius 2 is 2.00 bits per heavy atom. The molecule has 0 saturated carbocycles. The lowest BCUT2D eigenvalue weighted by atomic mass is 10.2. The van der Waals surface area contributed by atoms with E-state index in [1.165, 1.54) is 5.56 Å². The van der Waals surface area contributed by atoms with E-state index in [9.17, 15) is 0 Å². The van der Waals surface area contributed by atoms with E-state index in [-0.39, 0.29) is 12.4 Å². The van der Waals surface area contributed by atoms with Gasteiger partial charge in [-0.1, -0.05) is 53.9 Å². The standard InChI is InChI=1S/C14H13ClN4S2.ClH/c15-6-10-8-21-13-11(17-10)12(18-14(16)19-13)20-7-9-4-2-1-3-5-9;/h1-5H,6-8H2,(H2,16,18,19);1H. The van der Waals surface area contributed by atoms with E-state index in [2.05, 4.69) is 27.1 Å². The number of alkyl halides is 1. The zero-order valence-corrected chi connectivity index (χ0v) is 14.7. The molecule has 0 spiro atoms. The lowest BCUT2D eigenvalue weighted by Gasteiger charge is -2.15. The van der Waals surface area contributed by atoms with Crippen LogP contribution >= 0.6 is 47.5 Å². The Labute approximate surface area is 148 Å².